The van der Waals surface area contributed by atoms with Crippen LogP contribution in [0.3, 0.4) is 0 Å². The molecule has 0 fully saturated rings. The van der Waals surface area contributed by atoms with Gasteiger partial charge in [-0.3, -0.25) is 0 Å². The lowest BCUT2D eigenvalue weighted by atomic mass is 10.2. The van der Waals surface area contributed by atoms with Gasteiger partial charge < -0.3 is 4.57 Å². The summed E-state index contributed by atoms with van der Waals surface area (Å²) < 4.78 is 26.3. The van der Waals surface area contributed by atoms with Crippen molar-refractivity contribution in [3.05, 3.63) is 47.7 Å². The van der Waals surface area contributed by atoms with Crippen molar-refractivity contribution in [3.63, 3.8) is 0 Å². The number of sulfone groups is 1. The molecule has 0 radical (unpaired) electrons. The second-order valence-electron chi connectivity index (χ2n) is 4.42. The van der Waals surface area contributed by atoms with Crippen LogP contribution in [0.4, 0.5) is 0 Å². The summed E-state index contributed by atoms with van der Waals surface area (Å²) in [5, 5.41) is 9.72. The summed E-state index contributed by atoms with van der Waals surface area (Å²) in [6.07, 6.45) is 1.48. The van der Waals surface area contributed by atoms with Gasteiger partial charge in [-0.1, -0.05) is 30.3 Å². The minimum absolute atomic E-state index is 0.103. The topological polar surface area (TPSA) is 77.7 Å². The average Bonchev–Trinajstić information content (AvgIpc) is 3.11. The van der Waals surface area contributed by atoms with E-state index in [1.54, 1.807) is 17.0 Å². The maximum absolute atomic E-state index is 12.2. The molecule has 108 valence electrons. The molecule has 0 atom stereocenters. The van der Waals surface area contributed by atoms with Crippen LogP contribution in [-0.2, 0) is 22.6 Å². The molecule has 2 aromatic heterocycles. The van der Waals surface area contributed by atoms with E-state index in [1.807, 2.05) is 30.3 Å². The normalized spacial score (nSPS) is 11.7. The maximum atomic E-state index is 12.2. The summed E-state index contributed by atoms with van der Waals surface area (Å²) in [5.74, 6) is 0.820. The summed E-state index contributed by atoms with van der Waals surface area (Å²) in [4.78, 5) is 3.85. The Morgan fingerprint density at radius 2 is 1.95 bits per heavy atom. The molecule has 3 rings (SSSR count). The molecule has 0 unspecified atom stereocenters. The lowest BCUT2D eigenvalue weighted by Gasteiger charge is -2.04. The Morgan fingerprint density at radius 1 is 1.19 bits per heavy atom. The van der Waals surface area contributed by atoms with Gasteiger partial charge in [0.15, 0.2) is 5.82 Å². The molecule has 0 saturated heterocycles. The number of nitrogens with zero attached hydrogens (tertiary/aromatic N) is 4. The molecule has 1 aromatic carbocycles. The van der Waals surface area contributed by atoms with Crippen LogP contribution < -0.4 is 0 Å². The predicted octanol–water partition coefficient (Wildman–Crippen LogP) is 1.91. The van der Waals surface area contributed by atoms with E-state index >= 15 is 0 Å². The number of benzene rings is 1. The van der Waals surface area contributed by atoms with E-state index in [9.17, 15) is 8.42 Å². The summed E-state index contributed by atoms with van der Waals surface area (Å²) in [7, 11) is -1.72. The third-order valence-electron chi connectivity index (χ3n) is 2.99. The van der Waals surface area contributed by atoms with Gasteiger partial charge >= 0.3 is 0 Å². The Balaban J connectivity index is 1.94. The van der Waals surface area contributed by atoms with Crippen LogP contribution in [0.5, 0.6) is 0 Å². The lowest BCUT2D eigenvalue weighted by molar-refractivity contribution is 0.591. The molecule has 2 heterocycles. The van der Waals surface area contributed by atoms with Gasteiger partial charge in [-0.2, -0.15) is 0 Å². The van der Waals surface area contributed by atoms with Gasteiger partial charge in [0, 0.05) is 24.2 Å². The molecule has 0 bridgehead atoms. The zero-order valence-corrected chi connectivity index (χ0v) is 12.8. The smallest absolute Gasteiger partial charge is 0.212 e. The van der Waals surface area contributed by atoms with E-state index in [2.05, 4.69) is 15.2 Å². The van der Waals surface area contributed by atoms with Gasteiger partial charge in [-0.15, -0.1) is 21.5 Å². The standard InChI is InChI=1S/C13H12N4O2S2/c1-17-11(9-21(18,19)13-14-7-8-20-13)15-16-12(17)10-5-3-2-4-6-10/h2-8H,9H2,1H3. The van der Waals surface area contributed by atoms with Crippen molar-refractivity contribution >= 4 is 21.2 Å². The van der Waals surface area contributed by atoms with Gasteiger partial charge in [-0.05, 0) is 0 Å². The van der Waals surface area contributed by atoms with E-state index in [1.165, 1.54) is 6.20 Å². The zero-order chi connectivity index (χ0) is 14.9. The van der Waals surface area contributed by atoms with Gasteiger partial charge in [0.25, 0.3) is 0 Å². The zero-order valence-electron chi connectivity index (χ0n) is 11.2. The number of aromatic nitrogens is 4. The largest absolute Gasteiger partial charge is 0.313 e. The molecule has 0 amide bonds. The average molecular weight is 320 g/mol. The first-order valence-corrected chi connectivity index (χ1v) is 8.67. The molecular weight excluding hydrogens is 308 g/mol. The number of hydrogen-bond donors (Lipinski definition) is 0. The van der Waals surface area contributed by atoms with Crippen LogP contribution >= 0.6 is 11.3 Å². The number of thiazole rings is 1. The van der Waals surface area contributed by atoms with Crippen molar-refractivity contribution in [1.29, 1.82) is 0 Å². The highest BCUT2D eigenvalue weighted by atomic mass is 32.2. The van der Waals surface area contributed by atoms with Crippen molar-refractivity contribution in [3.8, 4) is 11.4 Å². The highest BCUT2D eigenvalue weighted by molar-refractivity contribution is 7.92. The van der Waals surface area contributed by atoms with Gasteiger partial charge in [0.1, 0.15) is 11.6 Å². The lowest BCUT2D eigenvalue weighted by Crippen LogP contribution is -2.09. The van der Waals surface area contributed by atoms with Crippen LogP contribution in [0.2, 0.25) is 0 Å². The molecule has 0 spiro atoms. The van der Waals surface area contributed by atoms with Crippen molar-refractivity contribution in [1.82, 2.24) is 19.7 Å². The number of rotatable bonds is 4. The second-order valence-corrected chi connectivity index (χ2v) is 7.48. The fourth-order valence-electron chi connectivity index (χ4n) is 1.92. The monoisotopic (exact) mass is 320 g/mol. The van der Waals surface area contributed by atoms with Gasteiger partial charge in [0.05, 0.1) is 0 Å². The summed E-state index contributed by atoms with van der Waals surface area (Å²) in [6.45, 7) is 0. The van der Waals surface area contributed by atoms with E-state index in [-0.39, 0.29) is 10.1 Å². The van der Waals surface area contributed by atoms with Gasteiger partial charge in [0.2, 0.25) is 14.2 Å². The Morgan fingerprint density at radius 3 is 2.62 bits per heavy atom. The fourth-order valence-corrected chi connectivity index (χ4v) is 4.15. The molecule has 21 heavy (non-hydrogen) atoms. The minimum atomic E-state index is -3.48. The molecule has 0 aliphatic heterocycles. The molecule has 8 heteroatoms. The second kappa shape index (κ2) is 5.38. The summed E-state index contributed by atoms with van der Waals surface area (Å²) in [6, 6.07) is 9.52. The molecular formula is C13H12N4O2S2. The number of hydrogen-bond acceptors (Lipinski definition) is 6. The molecule has 0 N–H and O–H groups in total. The quantitative estimate of drug-likeness (QED) is 0.734. The van der Waals surface area contributed by atoms with Crippen molar-refractivity contribution in [2.24, 2.45) is 7.05 Å². The predicted molar refractivity (Wildman–Crippen MR) is 79.4 cm³/mol. The Kier molecular flexibility index (Phi) is 3.56. The summed E-state index contributed by atoms with van der Waals surface area (Å²) >= 11 is 1.10. The van der Waals surface area contributed by atoms with Crippen LogP contribution in [-0.4, -0.2) is 28.2 Å². The van der Waals surface area contributed by atoms with Gasteiger partial charge in [-0.25, -0.2) is 13.4 Å². The Hall–Kier alpha value is -2.06. The molecule has 3 aromatic rings. The fraction of sp³-hybridized carbons (Fsp3) is 0.154. The Bertz CT molecular complexity index is 840. The van der Waals surface area contributed by atoms with E-state index < -0.39 is 9.84 Å². The van der Waals surface area contributed by atoms with Crippen molar-refractivity contribution in [2.75, 3.05) is 0 Å². The van der Waals surface area contributed by atoms with E-state index in [4.69, 9.17) is 0 Å². The minimum Gasteiger partial charge on any atom is -0.313 e. The SMILES string of the molecule is Cn1c(CS(=O)(=O)c2nccs2)nnc1-c1ccccc1. The summed E-state index contributed by atoms with van der Waals surface area (Å²) in [5.41, 5.74) is 0.894. The highest BCUT2D eigenvalue weighted by Crippen LogP contribution is 2.21. The molecule has 0 saturated carbocycles. The van der Waals surface area contributed by atoms with E-state index in [0.717, 1.165) is 16.9 Å². The van der Waals surface area contributed by atoms with Crippen molar-refractivity contribution < 1.29 is 8.42 Å². The third kappa shape index (κ3) is 2.72. The first-order valence-electron chi connectivity index (χ1n) is 6.14. The Labute approximate surface area is 126 Å². The van der Waals surface area contributed by atoms with E-state index in [0.29, 0.717) is 11.6 Å². The van der Waals surface area contributed by atoms with Crippen LogP contribution in [0.25, 0.3) is 11.4 Å². The molecule has 0 aliphatic rings. The molecule has 0 aliphatic carbocycles. The third-order valence-corrected chi connectivity index (χ3v) is 5.88. The maximum Gasteiger partial charge on any atom is 0.212 e. The van der Waals surface area contributed by atoms with Crippen LogP contribution in [0.1, 0.15) is 5.82 Å². The van der Waals surface area contributed by atoms with Crippen LogP contribution in [0, 0.1) is 0 Å². The molecule has 6 nitrogen and oxygen atoms in total. The first kappa shape index (κ1) is 13.9. The van der Waals surface area contributed by atoms with Crippen LogP contribution in [0.15, 0.2) is 46.2 Å². The highest BCUT2D eigenvalue weighted by Gasteiger charge is 2.22. The first-order chi connectivity index (χ1) is 10.1. The van der Waals surface area contributed by atoms with Crippen molar-refractivity contribution in [2.45, 2.75) is 10.1 Å².